The van der Waals surface area contributed by atoms with E-state index in [0.29, 0.717) is 40.0 Å². The van der Waals surface area contributed by atoms with Gasteiger partial charge in [-0.15, -0.1) is 8.78 Å². The Balaban J connectivity index is 1.48. The van der Waals surface area contributed by atoms with Gasteiger partial charge in [0.1, 0.15) is 12.4 Å². The zero-order valence-corrected chi connectivity index (χ0v) is 19.6. The summed E-state index contributed by atoms with van der Waals surface area (Å²) < 4.78 is 46.7. The Bertz CT molecular complexity index is 1270. The number of nitrogens with zero attached hydrogens (tertiary/aromatic N) is 2. The molecular weight excluding hydrogens is 464 g/mol. The molecule has 2 aromatic heterocycles. The molecule has 0 unspecified atom stereocenters. The summed E-state index contributed by atoms with van der Waals surface area (Å²) >= 11 is 1.43. The minimum Gasteiger partial charge on any atom is -0.491 e. The third kappa shape index (κ3) is 5.57. The first-order chi connectivity index (χ1) is 16.4. The van der Waals surface area contributed by atoms with Crippen LogP contribution < -0.4 is 14.2 Å². The van der Waals surface area contributed by atoms with Crippen LogP contribution in [0.5, 0.6) is 17.2 Å². The molecule has 0 aliphatic heterocycles. The van der Waals surface area contributed by atoms with E-state index in [1.54, 1.807) is 19.4 Å². The topological polar surface area (TPSA) is 78.5 Å². The number of hydrogen-bond donors (Lipinski definition) is 1. The Morgan fingerprint density at radius 1 is 1.09 bits per heavy atom. The molecule has 2 aromatic carbocycles. The van der Waals surface area contributed by atoms with E-state index in [0.717, 1.165) is 23.9 Å². The number of alkyl halides is 2. The van der Waals surface area contributed by atoms with Crippen molar-refractivity contribution in [3.05, 3.63) is 71.5 Å². The predicted molar refractivity (Wildman–Crippen MR) is 125 cm³/mol. The van der Waals surface area contributed by atoms with E-state index in [-0.39, 0.29) is 5.75 Å². The van der Waals surface area contributed by atoms with Crippen LogP contribution in [-0.4, -0.2) is 35.5 Å². The quantitative estimate of drug-likeness (QED) is 0.226. The fraction of sp³-hybridized carbons (Fsp3) is 0.250. The summed E-state index contributed by atoms with van der Waals surface area (Å²) in [5.74, 6) is 1.68. The second-order valence-corrected chi connectivity index (χ2v) is 8.24. The zero-order chi connectivity index (χ0) is 24.1. The molecule has 7 nitrogen and oxygen atoms in total. The number of rotatable bonds is 10. The van der Waals surface area contributed by atoms with E-state index in [9.17, 15) is 8.78 Å². The predicted octanol–water partition coefficient (Wildman–Crippen LogP) is 5.72. The number of aromatic amines is 1. The fourth-order valence-corrected chi connectivity index (χ4v) is 4.13. The fourth-order valence-electron chi connectivity index (χ4n) is 3.22. The minimum absolute atomic E-state index is 0.0348. The molecule has 0 fully saturated rings. The van der Waals surface area contributed by atoms with Crippen LogP contribution in [0.15, 0.2) is 59.9 Å². The monoisotopic (exact) mass is 487 g/mol. The number of imidazole rings is 1. The van der Waals surface area contributed by atoms with Crippen LogP contribution in [0.1, 0.15) is 16.8 Å². The first-order valence-electron chi connectivity index (χ1n) is 10.3. The number of aromatic nitrogens is 3. The standard InChI is InChI=1S/C24H23F2N3O4S/c1-15-20(27-12-21(30-2)22(15)32-13-16-7-5-4-6-8-16)14-34-23-28-18-10-9-17(11-19(18)29-23)33-24(25,26)31-3/h4-12H,13-14H2,1-3H3,(H,28,29). The number of benzene rings is 2. The average molecular weight is 488 g/mol. The van der Waals surface area contributed by atoms with Crippen LogP contribution in [0, 0.1) is 6.92 Å². The molecule has 34 heavy (non-hydrogen) atoms. The molecule has 0 aliphatic rings. The van der Waals surface area contributed by atoms with E-state index in [2.05, 4.69) is 24.4 Å². The van der Waals surface area contributed by atoms with Crippen molar-refractivity contribution in [2.75, 3.05) is 14.2 Å². The highest BCUT2D eigenvalue weighted by molar-refractivity contribution is 7.98. The lowest BCUT2D eigenvalue weighted by Crippen LogP contribution is -2.26. The lowest BCUT2D eigenvalue weighted by Gasteiger charge is -2.15. The number of halogens is 2. The molecule has 0 atom stereocenters. The van der Waals surface area contributed by atoms with Crippen LogP contribution in [0.25, 0.3) is 11.0 Å². The molecular formula is C24H23F2N3O4S. The molecule has 0 bridgehead atoms. The van der Waals surface area contributed by atoms with Crippen LogP contribution >= 0.6 is 11.8 Å². The smallest absolute Gasteiger partial charge is 0.491 e. The first-order valence-corrected chi connectivity index (χ1v) is 11.3. The second-order valence-electron chi connectivity index (χ2n) is 7.28. The van der Waals surface area contributed by atoms with Crippen molar-refractivity contribution in [1.29, 1.82) is 0 Å². The van der Waals surface area contributed by atoms with Gasteiger partial charge in [0.2, 0.25) is 0 Å². The lowest BCUT2D eigenvalue weighted by atomic mass is 10.2. The van der Waals surface area contributed by atoms with Gasteiger partial charge in [0.05, 0.1) is 30.0 Å². The van der Waals surface area contributed by atoms with Crippen molar-refractivity contribution in [3.8, 4) is 17.2 Å². The van der Waals surface area contributed by atoms with Gasteiger partial charge in [0, 0.05) is 24.5 Å². The van der Waals surface area contributed by atoms with Gasteiger partial charge in [-0.1, -0.05) is 42.1 Å². The Morgan fingerprint density at radius 3 is 2.62 bits per heavy atom. The van der Waals surface area contributed by atoms with E-state index in [1.807, 2.05) is 37.3 Å². The van der Waals surface area contributed by atoms with Gasteiger partial charge in [0.25, 0.3) is 0 Å². The Kier molecular flexibility index (Phi) is 7.18. The molecule has 0 saturated carbocycles. The number of methoxy groups -OCH3 is 2. The molecule has 1 N–H and O–H groups in total. The maximum Gasteiger partial charge on any atom is 0.535 e. The summed E-state index contributed by atoms with van der Waals surface area (Å²) in [5.41, 5.74) is 3.93. The van der Waals surface area contributed by atoms with Crippen molar-refractivity contribution >= 4 is 22.8 Å². The van der Waals surface area contributed by atoms with Crippen LogP contribution in [0.3, 0.4) is 0 Å². The molecule has 0 radical (unpaired) electrons. The number of hydrogen-bond acceptors (Lipinski definition) is 7. The number of fused-ring (bicyclic) bond motifs is 1. The Hall–Kier alpha value is -3.37. The number of nitrogens with one attached hydrogen (secondary N) is 1. The van der Waals surface area contributed by atoms with Gasteiger partial charge in [0.15, 0.2) is 16.7 Å². The highest BCUT2D eigenvalue weighted by atomic mass is 32.2. The van der Waals surface area contributed by atoms with Gasteiger partial charge < -0.3 is 19.2 Å². The van der Waals surface area contributed by atoms with Gasteiger partial charge in [-0.3, -0.25) is 9.72 Å². The summed E-state index contributed by atoms with van der Waals surface area (Å²) in [5, 5.41) is 0.620. The largest absolute Gasteiger partial charge is 0.535 e. The lowest BCUT2D eigenvalue weighted by molar-refractivity contribution is -0.342. The average Bonchev–Trinajstić information content (AvgIpc) is 3.25. The first kappa shape index (κ1) is 23.8. The van der Waals surface area contributed by atoms with Gasteiger partial charge in [-0.25, -0.2) is 4.98 Å². The maximum atomic E-state index is 13.3. The van der Waals surface area contributed by atoms with Crippen LogP contribution in [0.2, 0.25) is 0 Å². The SMILES string of the molecule is COc1cnc(CSc2nc3ccc(OC(F)(F)OC)cc3[nH]2)c(C)c1OCc1ccccc1. The van der Waals surface area contributed by atoms with Gasteiger partial charge in [-0.05, 0) is 24.6 Å². The number of ether oxygens (including phenoxy) is 4. The van der Waals surface area contributed by atoms with Crippen LogP contribution in [-0.2, 0) is 17.1 Å². The molecule has 10 heteroatoms. The number of pyridine rings is 1. The highest BCUT2D eigenvalue weighted by Crippen LogP contribution is 2.35. The third-order valence-electron chi connectivity index (χ3n) is 5.03. The number of H-pyrrole nitrogens is 1. The van der Waals surface area contributed by atoms with E-state index in [1.165, 1.54) is 23.9 Å². The molecule has 0 amide bonds. The molecule has 4 aromatic rings. The highest BCUT2D eigenvalue weighted by Gasteiger charge is 2.32. The maximum absolute atomic E-state index is 13.3. The summed E-state index contributed by atoms with van der Waals surface area (Å²) in [6, 6.07) is 14.3. The van der Waals surface area contributed by atoms with Crippen molar-refractivity contribution in [1.82, 2.24) is 15.0 Å². The molecule has 0 aliphatic carbocycles. The summed E-state index contributed by atoms with van der Waals surface area (Å²) in [7, 11) is 2.45. The Labute approximate surface area is 199 Å². The second kappa shape index (κ2) is 10.3. The zero-order valence-electron chi connectivity index (χ0n) is 18.8. The molecule has 178 valence electrons. The van der Waals surface area contributed by atoms with Crippen molar-refractivity contribution in [2.45, 2.75) is 30.7 Å². The summed E-state index contributed by atoms with van der Waals surface area (Å²) in [4.78, 5) is 12.1. The molecule has 0 saturated heterocycles. The normalized spacial score (nSPS) is 11.6. The van der Waals surface area contributed by atoms with Crippen LogP contribution in [0.4, 0.5) is 8.78 Å². The van der Waals surface area contributed by atoms with Crippen molar-refractivity contribution < 1.29 is 27.7 Å². The van der Waals surface area contributed by atoms with E-state index < -0.39 is 6.29 Å². The summed E-state index contributed by atoms with van der Waals surface area (Å²) in [6.07, 6.45) is -2.06. The van der Waals surface area contributed by atoms with E-state index >= 15 is 0 Å². The number of thioether (sulfide) groups is 1. The van der Waals surface area contributed by atoms with Crippen molar-refractivity contribution in [2.24, 2.45) is 0 Å². The van der Waals surface area contributed by atoms with E-state index in [4.69, 9.17) is 9.47 Å². The summed E-state index contributed by atoms with van der Waals surface area (Å²) in [6.45, 7) is 2.34. The Morgan fingerprint density at radius 2 is 1.88 bits per heavy atom. The molecule has 4 rings (SSSR count). The van der Waals surface area contributed by atoms with Gasteiger partial charge >= 0.3 is 6.29 Å². The van der Waals surface area contributed by atoms with Crippen molar-refractivity contribution in [3.63, 3.8) is 0 Å². The minimum atomic E-state index is -3.71. The molecule has 0 spiro atoms. The molecule has 2 heterocycles. The third-order valence-corrected chi connectivity index (χ3v) is 5.92. The van der Waals surface area contributed by atoms with Gasteiger partial charge in [-0.2, -0.15) is 0 Å².